The topological polar surface area (TPSA) is 95.9 Å². The second-order valence-corrected chi connectivity index (χ2v) is 9.31. The summed E-state index contributed by atoms with van der Waals surface area (Å²) < 4.78 is 5.87. The van der Waals surface area contributed by atoms with Crippen molar-refractivity contribution >= 4 is 29.2 Å². The Hall–Kier alpha value is -4.13. The molecular formula is C29H28N2O5. The number of amides is 2. The number of aliphatic carboxylic acids is 1. The van der Waals surface area contributed by atoms with Crippen LogP contribution in [0.1, 0.15) is 36.0 Å². The first kappa shape index (κ1) is 23.6. The van der Waals surface area contributed by atoms with E-state index >= 15 is 0 Å². The highest BCUT2D eigenvalue weighted by Crippen LogP contribution is 2.37. The number of hydrogen-bond acceptors (Lipinski definition) is 4. The lowest BCUT2D eigenvalue weighted by molar-refractivity contribution is -0.143. The van der Waals surface area contributed by atoms with Crippen LogP contribution in [0.5, 0.6) is 5.75 Å². The minimum absolute atomic E-state index is 0.0826. The van der Waals surface area contributed by atoms with Gasteiger partial charge in [0.15, 0.2) is 5.78 Å². The van der Waals surface area contributed by atoms with Gasteiger partial charge in [0, 0.05) is 17.2 Å². The lowest BCUT2D eigenvalue weighted by Crippen LogP contribution is -2.40. The minimum atomic E-state index is -0.765. The van der Waals surface area contributed by atoms with E-state index in [4.69, 9.17) is 4.74 Å². The number of carboxylic acids is 1. The Balaban J connectivity index is 1.28. The number of para-hydroxylation sites is 1. The number of carboxylic acid groups (broad SMARTS) is 1. The number of nitrogens with one attached hydrogen (secondary N) is 1. The predicted molar refractivity (Wildman–Crippen MR) is 138 cm³/mol. The van der Waals surface area contributed by atoms with E-state index in [1.54, 1.807) is 4.90 Å². The largest absolute Gasteiger partial charge is 0.490 e. The van der Waals surface area contributed by atoms with Crippen LogP contribution in [0, 0.1) is 11.8 Å². The summed E-state index contributed by atoms with van der Waals surface area (Å²) in [4.78, 5) is 38.7. The summed E-state index contributed by atoms with van der Waals surface area (Å²) in [5.74, 6) is -0.490. The van der Waals surface area contributed by atoms with E-state index in [1.807, 2.05) is 72.8 Å². The molecule has 0 saturated heterocycles. The fraction of sp³-hybridized carbons (Fsp3) is 0.276. The molecule has 0 bridgehead atoms. The first-order valence-electron chi connectivity index (χ1n) is 12.3. The molecule has 36 heavy (non-hydrogen) atoms. The van der Waals surface area contributed by atoms with E-state index in [0.717, 1.165) is 16.8 Å². The van der Waals surface area contributed by atoms with Crippen molar-refractivity contribution in [2.75, 3.05) is 23.4 Å². The van der Waals surface area contributed by atoms with Gasteiger partial charge in [-0.1, -0.05) is 48.5 Å². The fourth-order valence-corrected chi connectivity index (χ4v) is 4.99. The number of anilines is 2. The number of urea groups is 1. The number of Topliss-reactive ketones (excluding diaryl/α,β-unsaturated/α-hetero) is 1. The molecule has 184 valence electrons. The third-order valence-electron chi connectivity index (χ3n) is 7.04. The van der Waals surface area contributed by atoms with Crippen molar-refractivity contribution in [2.24, 2.45) is 11.8 Å². The number of rotatable bonds is 5. The van der Waals surface area contributed by atoms with E-state index in [9.17, 15) is 19.5 Å². The van der Waals surface area contributed by atoms with Crippen LogP contribution < -0.4 is 15.0 Å². The second-order valence-electron chi connectivity index (χ2n) is 9.31. The minimum Gasteiger partial charge on any atom is -0.490 e. The van der Waals surface area contributed by atoms with Gasteiger partial charge in [0.2, 0.25) is 0 Å². The number of carbonyl (C=O) groups excluding carboxylic acids is 2. The molecule has 0 radical (unpaired) electrons. The van der Waals surface area contributed by atoms with Gasteiger partial charge >= 0.3 is 12.0 Å². The zero-order chi connectivity index (χ0) is 25.1. The molecule has 0 unspecified atom stereocenters. The van der Waals surface area contributed by atoms with Gasteiger partial charge in [-0.15, -0.1) is 0 Å². The molecule has 1 aliphatic carbocycles. The third kappa shape index (κ3) is 4.96. The fourth-order valence-electron chi connectivity index (χ4n) is 4.99. The highest BCUT2D eigenvalue weighted by atomic mass is 16.5. The Morgan fingerprint density at radius 3 is 2.19 bits per heavy atom. The van der Waals surface area contributed by atoms with Crippen LogP contribution in [0.25, 0.3) is 11.1 Å². The van der Waals surface area contributed by atoms with Gasteiger partial charge < -0.3 is 15.2 Å². The molecule has 1 aliphatic heterocycles. The van der Waals surface area contributed by atoms with Gasteiger partial charge in [-0.25, -0.2) is 4.79 Å². The monoisotopic (exact) mass is 484 g/mol. The van der Waals surface area contributed by atoms with E-state index in [2.05, 4.69) is 5.32 Å². The Morgan fingerprint density at radius 1 is 0.833 bits per heavy atom. The molecular weight excluding hydrogens is 456 g/mol. The van der Waals surface area contributed by atoms with Crippen molar-refractivity contribution in [2.45, 2.75) is 25.7 Å². The quantitative estimate of drug-likeness (QED) is 0.442. The lowest BCUT2D eigenvalue weighted by Gasteiger charge is -2.30. The average Bonchev–Trinajstić information content (AvgIpc) is 2.92. The molecule has 2 amide bonds. The van der Waals surface area contributed by atoms with Crippen LogP contribution in [0.2, 0.25) is 0 Å². The molecule has 3 aromatic rings. The summed E-state index contributed by atoms with van der Waals surface area (Å²) in [6.45, 7) is 0.854. The molecule has 2 N–H and O–H groups in total. The maximum atomic E-state index is 12.9. The number of carbonyl (C=O) groups is 3. The smallest absolute Gasteiger partial charge is 0.326 e. The van der Waals surface area contributed by atoms with Crippen molar-refractivity contribution in [3.63, 3.8) is 0 Å². The summed E-state index contributed by atoms with van der Waals surface area (Å²) in [7, 11) is 0. The first-order valence-corrected chi connectivity index (χ1v) is 12.3. The van der Waals surface area contributed by atoms with Crippen molar-refractivity contribution in [3.8, 4) is 16.9 Å². The lowest BCUT2D eigenvalue weighted by atomic mass is 9.78. The molecule has 1 saturated carbocycles. The molecule has 0 spiro atoms. The second kappa shape index (κ2) is 10.2. The van der Waals surface area contributed by atoms with Crippen LogP contribution >= 0.6 is 0 Å². The molecule has 1 heterocycles. The van der Waals surface area contributed by atoms with Crippen molar-refractivity contribution in [1.82, 2.24) is 0 Å². The van der Waals surface area contributed by atoms with Gasteiger partial charge in [-0.3, -0.25) is 14.5 Å². The van der Waals surface area contributed by atoms with Crippen molar-refractivity contribution in [3.05, 3.63) is 78.4 Å². The van der Waals surface area contributed by atoms with Crippen LogP contribution in [0.3, 0.4) is 0 Å². The first-order chi connectivity index (χ1) is 17.5. The molecule has 2 aliphatic rings. The Morgan fingerprint density at radius 2 is 1.50 bits per heavy atom. The summed E-state index contributed by atoms with van der Waals surface area (Å²) in [6, 6.07) is 22.4. The SMILES string of the molecule is O=C(Nc1ccccc1)N1CCOc2cc(-c3ccc(C(=O)[C@H]4CC[C@H](C(=O)O)CC4)cc3)ccc21. The highest BCUT2D eigenvalue weighted by Gasteiger charge is 2.30. The normalized spacial score (nSPS) is 19.1. The van der Waals surface area contributed by atoms with Crippen LogP contribution in [-0.2, 0) is 4.79 Å². The Kier molecular flexibility index (Phi) is 6.71. The van der Waals surface area contributed by atoms with E-state index in [-0.39, 0.29) is 23.7 Å². The maximum Gasteiger partial charge on any atom is 0.326 e. The average molecular weight is 485 g/mol. The predicted octanol–water partition coefficient (Wildman–Crippen LogP) is 5.86. The number of ketones is 1. The third-order valence-corrected chi connectivity index (χ3v) is 7.04. The molecule has 0 aromatic heterocycles. The van der Waals surface area contributed by atoms with Gasteiger partial charge in [0.1, 0.15) is 12.4 Å². The molecule has 1 fully saturated rings. The number of nitrogens with zero attached hydrogens (tertiary/aromatic N) is 1. The van der Waals surface area contributed by atoms with Crippen LogP contribution in [0.4, 0.5) is 16.2 Å². The maximum absolute atomic E-state index is 12.9. The van der Waals surface area contributed by atoms with Gasteiger partial charge in [-0.05, 0) is 61.1 Å². The molecule has 3 aromatic carbocycles. The summed E-state index contributed by atoms with van der Waals surface area (Å²) in [5.41, 5.74) is 3.97. The molecule has 5 rings (SSSR count). The summed E-state index contributed by atoms with van der Waals surface area (Å²) in [5, 5.41) is 12.1. The number of ether oxygens (including phenoxy) is 1. The van der Waals surface area contributed by atoms with E-state index < -0.39 is 5.97 Å². The molecule has 7 heteroatoms. The van der Waals surface area contributed by atoms with Crippen LogP contribution in [-0.4, -0.2) is 36.0 Å². The van der Waals surface area contributed by atoms with Crippen LogP contribution in [0.15, 0.2) is 72.8 Å². The van der Waals surface area contributed by atoms with Crippen molar-refractivity contribution in [1.29, 1.82) is 0 Å². The summed E-state index contributed by atoms with van der Waals surface area (Å²) in [6.07, 6.45) is 2.35. The van der Waals surface area contributed by atoms with Gasteiger partial charge in [-0.2, -0.15) is 0 Å². The van der Waals surface area contributed by atoms with E-state index in [0.29, 0.717) is 55.8 Å². The molecule has 0 atom stereocenters. The van der Waals surface area contributed by atoms with Gasteiger partial charge in [0.05, 0.1) is 18.2 Å². The number of fused-ring (bicyclic) bond motifs is 1. The Labute approximate surface area is 209 Å². The number of hydrogen-bond donors (Lipinski definition) is 2. The standard InChI is InChI=1S/C29H28N2O5/c32-27(21-10-12-22(13-11-21)28(33)34)20-8-6-19(7-9-20)23-14-15-25-26(18-23)36-17-16-31(25)29(35)30-24-4-2-1-3-5-24/h1-9,14-15,18,21-22H,10-13,16-17H2,(H,30,35)(H,33,34)/t21-,22-. The summed E-state index contributed by atoms with van der Waals surface area (Å²) >= 11 is 0. The molecule has 7 nitrogen and oxygen atoms in total. The zero-order valence-corrected chi connectivity index (χ0v) is 19.9. The van der Waals surface area contributed by atoms with Crippen molar-refractivity contribution < 1.29 is 24.2 Å². The Bertz CT molecular complexity index is 1260. The number of benzene rings is 3. The van der Waals surface area contributed by atoms with Gasteiger partial charge in [0.25, 0.3) is 0 Å². The highest BCUT2D eigenvalue weighted by molar-refractivity contribution is 6.03. The van der Waals surface area contributed by atoms with E-state index in [1.165, 1.54) is 0 Å². The zero-order valence-electron chi connectivity index (χ0n) is 19.9.